The maximum atomic E-state index is 3.65. The smallest absolute Gasteiger partial charge is 0.0470 e. The van der Waals surface area contributed by atoms with E-state index in [0.29, 0.717) is 0 Å². The number of rotatable bonds is 2. The summed E-state index contributed by atoms with van der Waals surface area (Å²) in [6.07, 6.45) is 8.94. The minimum Gasteiger partial charge on any atom is -0.355 e. The van der Waals surface area contributed by atoms with Crippen LogP contribution in [0.15, 0.2) is 90.7 Å². The third-order valence-electron chi connectivity index (χ3n) is 5.04. The van der Waals surface area contributed by atoms with Crippen LogP contribution in [0.2, 0.25) is 0 Å². The fourth-order valence-corrected chi connectivity index (χ4v) is 3.92. The summed E-state index contributed by atoms with van der Waals surface area (Å²) in [5.74, 6) is 0. The van der Waals surface area contributed by atoms with Crippen molar-refractivity contribution in [1.82, 2.24) is 0 Å². The molecule has 0 unspecified atom stereocenters. The molecule has 1 heteroatoms. The van der Waals surface area contributed by atoms with Crippen LogP contribution in [0.4, 0.5) is 5.69 Å². The standard InChI is InChI=1S/C24H19N.C2H6/c1-2-9-17(10-3-1)25-23-16-8-15-22-20-12-5-4-11-18(20)19-13-6-7-14-21(19)24(22)23;1-2/h2,4-16,25H,1,3H2;1-2H3. The third-order valence-corrected chi connectivity index (χ3v) is 5.04. The SMILES string of the molecule is C1=CC(Nc2cccc3c4ccccc4c4ccccc4c23)=CCC1.CC. The van der Waals surface area contributed by atoms with Gasteiger partial charge in [0, 0.05) is 16.8 Å². The molecule has 1 aliphatic carbocycles. The normalized spacial score (nSPS) is 13.3. The maximum Gasteiger partial charge on any atom is 0.0470 e. The van der Waals surface area contributed by atoms with Crippen molar-refractivity contribution in [1.29, 1.82) is 0 Å². The van der Waals surface area contributed by atoms with Crippen LogP contribution in [-0.4, -0.2) is 0 Å². The van der Waals surface area contributed by atoms with Gasteiger partial charge in [-0.15, -0.1) is 0 Å². The van der Waals surface area contributed by atoms with Gasteiger partial charge in [0.15, 0.2) is 0 Å². The van der Waals surface area contributed by atoms with Crippen molar-refractivity contribution >= 4 is 38.0 Å². The number of allylic oxidation sites excluding steroid dienone is 3. The molecule has 134 valence electrons. The second kappa shape index (κ2) is 7.67. The Kier molecular flexibility index (Phi) is 4.93. The predicted molar refractivity (Wildman–Crippen MR) is 120 cm³/mol. The summed E-state index contributed by atoms with van der Waals surface area (Å²) < 4.78 is 0. The highest BCUT2D eigenvalue weighted by Gasteiger charge is 2.11. The van der Waals surface area contributed by atoms with E-state index in [1.807, 2.05) is 13.8 Å². The van der Waals surface area contributed by atoms with E-state index >= 15 is 0 Å². The topological polar surface area (TPSA) is 12.0 Å². The Bertz CT molecular complexity index is 1120. The lowest BCUT2D eigenvalue weighted by Gasteiger charge is -2.16. The Balaban J connectivity index is 0.000000872. The molecule has 27 heavy (non-hydrogen) atoms. The molecule has 0 radical (unpaired) electrons. The Labute approximate surface area is 161 Å². The van der Waals surface area contributed by atoms with Gasteiger partial charge in [-0.3, -0.25) is 0 Å². The van der Waals surface area contributed by atoms with Crippen molar-refractivity contribution in [3.63, 3.8) is 0 Å². The van der Waals surface area contributed by atoms with Gasteiger partial charge in [-0.05, 0) is 51.9 Å². The van der Waals surface area contributed by atoms with Gasteiger partial charge in [-0.2, -0.15) is 0 Å². The van der Waals surface area contributed by atoms with E-state index in [1.54, 1.807) is 0 Å². The van der Waals surface area contributed by atoms with Crippen LogP contribution in [0.25, 0.3) is 32.3 Å². The lowest BCUT2D eigenvalue weighted by molar-refractivity contribution is 1.02. The van der Waals surface area contributed by atoms with Crippen LogP contribution >= 0.6 is 0 Å². The van der Waals surface area contributed by atoms with Crippen LogP contribution < -0.4 is 5.32 Å². The molecule has 0 amide bonds. The van der Waals surface area contributed by atoms with Gasteiger partial charge in [0.25, 0.3) is 0 Å². The minimum absolute atomic E-state index is 1.10. The molecule has 0 fully saturated rings. The highest BCUT2D eigenvalue weighted by atomic mass is 14.9. The van der Waals surface area contributed by atoms with Crippen LogP contribution in [0, 0.1) is 0 Å². The second-order valence-electron chi connectivity index (χ2n) is 6.58. The monoisotopic (exact) mass is 351 g/mol. The zero-order valence-corrected chi connectivity index (χ0v) is 16.0. The summed E-state index contributed by atoms with van der Waals surface area (Å²) in [6.45, 7) is 4.00. The molecule has 0 atom stereocenters. The first-order valence-electron chi connectivity index (χ1n) is 9.88. The van der Waals surface area contributed by atoms with Gasteiger partial charge in [0.05, 0.1) is 0 Å². The molecule has 5 rings (SSSR count). The van der Waals surface area contributed by atoms with E-state index in [2.05, 4.69) is 90.3 Å². The van der Waals surface area contributed by atoms with Gasteiger partial charge in [-0.25, -0.2) is 0 Å². The molecule has 0 heterocycles. The highest BCUT2D eigenvalue weighted by Crippen LogP contribution is 2.38. The first-order valence-corrected chi connectivity index (χ1v) is 9.88. The average molecular weight is 351 g/mol. The molecule has 4 aromatic rings. The van der Waals surface area contributed by atoms with Crippen molar-refractivity contribution in [2.75, 3.05) is 5.32 Å². The molecule has 1 nitrogen and oxygen atoms in total. The summed E-state index contributed by atoms with van der Waals surface area (Å²) >= 11 is 0. The number of hydrogen-bond donors (Lipinski definition) is 1. The zero-order chi connectivity index (χ0) is 18.6. The molecule has 0 saturated heterocycles. The van der Waals surface area contributed by atoms with Crippen molar-refractivity contribution < 1.29 is 0 Å². The van der Waals surface area contributed by atoms with E-state index in [0.717, 1.165) is 12.8 Å². The van der Waals surface area contributed by atoms with Crippen molar-refractivity contribution in [2.24, 2.45) is 0 Å². The fourth-order valence-electron chi connectivity index (χ4n) is 3.92. The lowest BCUT2D eigenvalue weighted by Crippen LogP contribution is -2.00. The van der Waals surface area contributed by atoms with Crippen LogP contribution in [0.3, 0.4) is 0 Å². The molecular formula is C26H25N. The number of hydrogen-bond acceptors (Lipinski definition) is 1. The first kappa shape index (κ1) is 17.4. The van der Waals surface area contributed by atoms with Gasteiger partial charge < -0.3 is 5.32 Å². The predicted octanol–water partition coefficient (Wildman–Crippen LogP) is 7.82. The van der Waals surface area contributed by atoms with E-state index in [1.165, 1.54) is 43.7 Å². The van der Waals surface area contributed by atoms with E-state index in [9.17, 15) is 0 Å². The zero-order valence-electron chi connectivity index (χ0n) is 16.0. The summed E-state index contributed by atoms with van der Waals surface area (Å²) in [5.41, 5.74) is 2.37. The van der Waals surface area contributed by atoms with E-state index in [-0.39, 0.29) is 0 Å². The van der Waals surface area contributed by atoms with Crippen molar-refractivity contribution in [2.45, 2.75) is 26.7 Å². The minimum atomic E-state index is 1.10. The first-order chi connectivity index (χ1) is 13.4. The fraction of sp³-hybridized carbons (Fsp3) is 0.154. The third kappa shape index (κ3) is 3.10. The Hall–Kier alpha value is -3.06. The summed E-state index contributed by atoms with van der Waals surface area (Å²) in [4.78, 5) is 0. The van der Waals surface area contributed by atoms with Crippen molar-refractivity contribution in [3.8, 4) is 0 Å². The molecule has 0 saturated carbocycles. The Morgan fingerprint density at radius 3 is 1.78 bits per heavy atom. The average Bonchev–Trinajstić information content (AvgIpc) is 2.76. The molecule has 1 N–H and O–H groups in total. The van der Waals surface area contributed by atoms with Gasteiger partial charge >= 0.3 is 0 Å². The number of benzene rings is 4. The van der Waals surface area contributed by atoms with Crippen LogP contribution in [0.1, 0.15) is 26.7 Å². The number of nitrogens with one attached hydrogen (secondary N) is 1. The molecule has 0 aromatic heterocycles. The summed E-state index contributed by atoms with van der Waals surface area (Å²) in [5, 5.41) is 11.5. The summed E-state index contributed by atoms with van der Waals surface area (Å²) in [7, 11) is 0. The molecular weight excluding hydrogens is 326 g/mol. The Morgan fingerprint density at radius 2 is 1.19 bits per heavy atom. The van der Waals surface area contributed by atoms with Crippen LogP contribution in [-0.2, 0) is 0 Å². The molecule has 4 aromatic carbocycles. The lowest BCUT2D eigenvalue weighted by atomic mass is 9.93. The van der Waals surface area contributed by atoms with Gasteiger partial charge in [0.2, 0.25) is 0 Å². The van der Waals surface area contributed by atoms with E-state index < -0.39 is 0 Å². The summed E-state index contributed by atoms with van der Waals surface area (Å²) in [6, 6.07) is 24.0. The molecule has 0 spiro atoms. The van der Waals surface area contributed by atoms with Gasteiger partial charge in [-0.1, -0.05) is 86.7 Å². The van der Waals surface area contributed by atoms with E-state index in [4.69, 9.17) is 0 Å². The molecule has 0 bridgehead atoms. The highest BCUT2D eigenvalue weighted by molar-refractivity contribution is 6.28. The quantitative estimate of drug-likeness (QED) is 0.363. The number of anilines is 1. The largest absolute Gasteiger partial charge is 0.355 e. The molecule has 1 aliphatic rings. The second-order valence-corrected chi connectivity index (χ2v) is 6.58. The molecule has 0 aliphatic heterocycles. The van der Waals surface area contributed by atoms with Crippen molar-refractivity contribution in [3.05, 3.63) is 90.7 Å². The number of fused-ring (bicyclic) bond motifs is 6. The maximum absolute atomic E-state index is 3.65. The van der Waals surface area contributed by atoms with Crippen LogP contribution in [0.5, 0.6) is 0 Å². The Morgan fingerprint density at radius 1 is 0.630 bits per heavy atom. The van der Waals surface area contributed by atoms with Gasteiger partial charge in [0.1, 0.15) is 0 Å².